The minimum Gasteiger partial charge on any atom is -1.00 e. The molecule has 20 heavy (non-hydrogen) atoms. The van der Waals surface area contributed by atoms with Crippen LogP contribution in [0, 0.1) is 0 Å². The first-order valence-electron chi connectivity index (χ1n) is 6.04. The summed E-state index contributed by atoms with van der Waals surface area (Å²) in [7, 11) is 0. The first kappa shape index (κ1) is 17.2. The van der Waals surface area contributed by atoms with Gasteiger partial charge in [0, 0.05) is 17.1 Å². The van der Waals surface area contributed by atoms with E-state index < -0.39 is 0 Å². The summed E-state index contributed by atoms with van der Waals surface area (Å²) < 4.78 is 10.8. The Bertz CT molecular complexity index is 529. The molecule has 0 amide bonds. The van der Waals surface area contributed by atoms with E-state index in [0.29, 0.717) is 35.5 Å². The highest BCUT2D eigenvalue weighted by Crippen LogP contribution is 2.32. The second-order valence-electron chi connectivity index (χ2n) is 3.99. The Balaban J connectivity index is 0.00000200. The SMILES string of the molecule is CCOc1c(Cl)cc(Cl)cc1CNCc1ccco1.[Cl-]. The van der Waals surface area contributed by atoms with E-state index in [9.17, 15) is 0 Å². The Morgan fingerprint density at radius 1 is 1.25 bits per heavy atom. The second kappa shape index (κ2) is 8.42. The van der Waals surface area contributed by atoms with E-state index in [1.165, 1.54) is 0 Å². The van der Waals surface area contributed by atoms with Crippen LogP contribution >= 0.6 is 23.2 Å². The first-order valence-corrected chi connectivity index (χ1v) is 6.80. The zero-order valence-corrected chi connectivity index (χ0v) is 13.2. The molecule has 0 saturated heterocycles. The molecule has 1 N–H and O–H groups in total. The number of furan rings is 1. The molecule has 1 heterocycles. The minimum atomic E-state index is 0. The molecular weight excluding hydrogens is 321 g/mol. The zero-order chi connectivity index (χ0) is 13.7. The number of ether oxygens (including phenoxy) is 1. The molecule has 2 aromatic rings. The molecule has 1 aromatic carbocycles. The molecule has 0 atom stereocenters. The predicted molar refractivity (Wildman–Crippen MR) is 76.9 cm³/mol. The Hall–Kier alpha value is -0.870. The van der Waals surface area contributed by atoms with Gasteiger partial charge in [-0.1, -0.05) is 23.2 Å². The van der Waals surface area contributed by atoms with Crippen LogP contribution in [-0.4, -0.2) is 6.61 Å². The fourth-order valence-electron chi connectivity index (χ4n) is 1.78. The van der Waals surface area contributed by atoms with E-state index >= 15 is 0 Å². The van der Waals surface area contributed by atoms with Crippen molar-refractivity contribution in [3.05, 3.63) is 51.9 Å². The normalized spacial score (nSPS) is 10.2. The van der Waals surface area contributed by atoms with Gasteiger partial charge >= 0.3 is 0 Å². The van der Waals surface area contributed by atoms with Crippen LogP contribution in [0.25, 0.3) is 0 Å². The van der Waals surface area contributed by atoms with Gasteiger partial charge in [-0.05, 0) is 31.2 Å². The summed E-state index contributed by atoms with van der Waals surface area (Å²) in [5, 5.41) is 4.40. The number of hydrogen-bond acceptors (Lipinski definition) is 3. The van der Waals surface area contributed by atoms with Crippen LogP contribution in [0.5, 0.6) is 5.75 Å². The number of benzene rings is 1. The molecule has 0 bridgehead atoms. The molecular formula is C14H15Cl3NO2-. The van der Waals surface area contributed by atoms with Crippen molar-refractivity contribution in [2.45, 2.75) is 20.0 Å². The molecule has 2 rings (SSSR count). The largest absolute Gasteiger partial charge is 1.00 e. The molecule has 0 radical (unpaired) electrons. The fraction of sp³-hybridized carbons (Fsp3) is 0.286. The van der Waals surface area contributed by atoms with Gasteiger partial charge in [-0.3, -0.25) is 0 Å². The molecule has 6 heteroatoms. The molecule has 0 aliphatic rings. The second-order valence-corrected chi connectivity index (χ2v) is 4.84. The monoisotopic (exact) mass is 334 g/mol. The highest BCUT2D eigenvalue weighted by atomic mass is 35.5. The molecule has 0 unspecified atom stereocenters. The summed E-state index contributed by atoms with van der Waals surface area (Å²) in [5.74, 6) is 1.56. The lowest BCUT2D eigenvalue weighted by molar-refractivity contribution is -0.00000474. The van der Waals surface area contributed by atoms with Gasteiger partial charge in [0.15, 0.2) is 0 Å². The van der Waals surface area contributed by atoms with Crippen molar-refractivity contribution < 1.29 is 21.6 Å². The molecule has 0 aliphatic carbocycles. The average Bonchev–Trinajstić information content (AvgIpc) is 2.86. The Kier molecular flexibility index (Phi) is 7.24. The van der Waals surface area contributed by atoms with Crippen LogP contribution in [0.1, 0.15) is 18.2 Å². The summed E-state index contributed by atoms with van der Waals surface area (Å²) in [6.07, 6.45) is 1.65. The van der Waals surface area contributed by atoms with Gasteiger partial charge in [-0.25, -0.2) is 0 Å². The quantitative estimate of drug-likeness (QED) is 0.863. The zero-order valence-electron chi connectivity index (χ0n) is 11.0. The van der Waals surface area contributed by atoms with Crippen LogP contribution in [0.15, 0.2) is 34.9 Å². The lowest BCUT2D eigenvalue weighted by Gasteiger charge is -2.13. The maximum atomic E-state index is 6.14. The Morgan fingerprint density at radius 3 is 2.70 bits per heavy atom. The third kappa shape index (κ3) is 4.60. The number of rotatable bonds is 6. The highest BCUT2D eigenvalue weighted by molar-refractivity contribution is 6.35. The third-order valence-electron chi connectivity index (χ3n) is 2.57. The van der Waals surface area contributed by atoms with Gasteiger partial charge in [-0.2, -0.15) is 0 Å². The van der Waals surface area contributed by atoms with Gasteiger partial charge in [0.2, 0.25) is 0 Å². The van der Waals surface area contributed by atoms with Crippen molar-refractivity contribution in [3.8, 4) is 5.75 Å². The van der Waals surface area contributed by atoms with Gasteiger partial charge < -0.3 is 26.9 Å². The molecule has 0 spiro atoms. The van der Waals surface area contributed by atoms with Crippen LogP contribution in [0.2, 0.25) is 10.0 Å². The van der Waals surface area contributed by atoms with Gasteiger partial charge in [0.25, 0.3) is 0 Å². The lowest BCUT2D eigenvalue weighted by atomic mass is 10.2. The molecule has 0 fully saturated rings. The third-order valence-corrected chi connectivity index (χ3v) is 3.07. The first-order chi connectivity index (χ1) is 9.20. The van der Waals surface area contributed by atoms with Crippen LogP contribution < -0.4 is 22.5 Å². The molecule has 1 aromatic heterocycles. The summed E-state index contributed by atoms with van der Waals surface area (Å²) >= 11 is 12.2. The van der Waals surface area contributed by atoms with E-state index in [4.69, 9.17) is 32.4 Å². The van der Waals surface area contributed by atoms with Gasteiger partial charge in [-0.15, -0.1) is 0 Å². The van der Waals surface area contributed by atoms with Gasteiger partial charge in [0.05, 0.1) is 24.4 Å². The van der Waals surface area contributed by atoms with Crippen molar-refractivity contribution >= 4 is 23.2 Å². The minimum absolute atomic E-state index is 0. The number of halogens is 3. The summed E-state index contributed by atoms with van der Waals surface area (Å²) in [4.78, 5) is 0. The number of nitrogens with one attached hydrogen (secondary N) is 1. The van der Waals surface area contributed by atoms with E-state index in [1.807, 2.05) is 25.1 Å². The summed E-state index contributed by atoms with van der Waals surface area (Å²) in [5.41, 5.74) is 0.936. The molecule has 110 valence electrons. The van der Waals surface area contributed by atoms with Crippen molar-refractivity contribution in [2.75, 3.05) is 6.61 Å². The van der Waals surface area contributed by atoms with Gasteiger partial charge in [0.1, 0.15) is 11.5 Å². The van der Waals surface area contributed by atoms with Crippen LogP contribution in [-0.2, 0) is 13.1 Å². The number of hydrogen-bond donors (Lipinski definition) is 1. The Labute approximate surface area is 134 Å². The van der Waals surface area contributed by atoms with E-state index in [0.717, 1.165) is 11.3 Å². The predicted octanol–water partition coefficient (Wildman–Crippen LogP) is 1.28. The molecule has 3 nitrogen and oxygen atoms in total. The summed E-state index contributed by atoms with van der Waals surface area (Å²) in [6.45, 7) is 3.73. The van der Waals surface area contributed by atoms with Crippen molar-refractivity contribution in [1.82, 2.24) is 5.32 Å². The summed E-state index contributed by atoms with van der Waals surface area (Å²) in [6, 6.07) is 7.32. The maximum Gasteiger partial charge on any atom is 0.142 e. The maximum absolute atomic E-state index is 6.14. The van der Waals surface area contributed by atoms with Crippen LogP contribution in [0.3, 0.4) is 0 Å². The highest BCUT2D eigenvalue weighted by Gasteiger charge is 2.10. The van der Waals surface area contributed by atoms with Crippen LogP contribution in [0.4, 0.5) is 0 Å². The van der Waals surface area contributed by atoms with Crippen molar-refractivity contribution in [1.29, 1.82) is 0 Å². The van der Waals surface area contributed by atoms with E-state index in [2.05, 4.69) is 5.32 Å². The average molecular weight is 336 g/mol. The lowest BCUT2D eigenvalue weighted by Crippen LogP contribution is -3.00. The van der Waals surface area contributed by atoms with E-state index in [-0.39, 0.29) is 12.4 Å². The standard InChI is InChI=1S/C14H15Cl2NO2.ClH/c1-2-18-14-10(6-11(15)7-13(14)16)8-17-9-12-4-3-5-19-12;/h3-7,17H,2,8-9H2,1H3;1H/p-1. The molecule has 0 saturated carbocycles. The Morgan fingerprint density at radius 2 is 2.05 bits per heavy atom. The van der Waals surface area contributed by atoms with E-state index in [1.54, 1.807) is 12.3 Å². The van der Waals surface area contributed by atoms with Crippen molar-refractivity contribution in [3.63, 3.8) is 0 Å². The fourth-order valence-corrected chi connectivity index (χ4v) is 2.37. The topological polar surface area (TPSA) is 34.4 Å². The smallest absolute Gasteiger partial charge is 0.142 e. The van der Waals surface area contributed by atoms with Crippen molar-refractivity contribution in [2.24, 2.45) is 0 Å². The molecule has 0 aliphatic heterocycles.